The van der Waals surface area contributed by atoms with Crippen molar-refractivity contribution in [1.82, 2.24) is 0 Å². The average molecular weight is 231 g/mol. The van der Waals surface area contributed by atoms with Crippen molar-refractivity contribution in [2.45, 2.75) is 32.8 Å². The van der Waals surface area contributed by atoms with Gasteiger partial charge in [0.2, 0.25) is 0 Å². The number of carbonyl (C=O) groups is 2. The zero-order chi connectivity index (χ0) is 12.6. The lowest BCUT2D eigenvalue weighted by Crippen LogP contribution is -2.23. The maximum atomic E-state index is 11.1. The van der Waals surface area contributed by atoms with Gasteiger partial charge in [0.25, 0.3) is 0 Å². The second kappa shape index (κ2) is 7.67. The highest BCUT2D eigenvalue weighted by Crippen LogP contribution is 2.05. The summed E-state index contributed by atoms with van der Waals surface area (Å²) in [6.45, 7) is 4.21. The van der Waals surface area contributed by atoms with Gasteiger partial charge in [-0.05, 0) is 19.8 Å². The third kappa shape index (κ3) is 6.00. The molecule has 2 unspecified atom stereocenters. The van der Waals surface area contributed by atoms with Gasteiger partial charge in [-0.1, -0.05) is 6.92 Å². The monoisotopic (exact) mass is 231 g/mol. The largest absolute Gasteiger partial charge is 0.481 e. The molecule has 0 aliphatic heterocycles. The van der Waals surface area contributed by atoms with Gasteiger partial charge in [0.15, 0.2) is 6.10 Å². The minimum Gasteiger partial charge on any atom is -0.481 e. The number of aliphatic carboxylic acids is 1. The summed E-state index contributed by atoms with van der Waals surface area (Å²) in [4.78, 5) is 31.3. The number of esters is 1. The lowest BCUT2D eigenvalue weighted by Gasteiger charge is -2.09. The molecule has 0 fully saturated rings. The van der Waals surface area contributed by atoms with Crippen molar-refractivity contribution in [2.24, 2.45) is 5.92 Å². The Morgan fingerprint density at radius 1 is 1.38 bits per heavy atom. The molecule has 0 spiro atoms. The fourth-order valence-electron chi connectivity index (χ4n) is 0.923. The lowest BCUT2D eigenvalue weighted by atomic mass is 10.1. The molecule has 1 radical (unpaired) electrons. The van der Waals surface area contributed by atoms with Gasteiger partial charge in [-0.2, -0.15) is 0 Å². The summed E-state index contributed by atoms with van der Waals surface area (Å²) in [5.41, 5.74) is 0. The molecule has 0 aromatic carbocycles. The van der Waals surface area contributed by atoms with Crippen LogP contribution in [0.2, 0.25) is 0 Å². The molecule has 0 heterocycles. The van der Waals surface area contributed by atoms with Crippen LogP contribution in [0.15, 0.2) is 0 Å². The van der Waals surface area contributed by atoms with E-state index < -0.39 is 24.0 Å². The second-order valence-electron chi connectivity index (χ2n) is 3.39. The van der Waals surface area contributed by atoms with E-state index in [-0.39, 0.29) is 6.61 Å². The summed E-state index contributed by atoms with van der Waals surface area (Å²) < 4.78 is 9.00. The van der Waals surface area contributed by atoms with Crippen LogP contribution < -0.4 is 0 Å². The molecule has 0 saturated carbocycles. The van der Waals surface area contributed by atoms with Crippen LogP contribution >= 0.6 is 0 Å². The average Bonchev–Trinajstić information content (AvgIpc) is 2.23. The van der Waals surface area contributed by atoms with Crippen LogP contribution in [0.25, 0.3) is 0 Å². The van der Waals surface area contributed by atoms with E-state index >= 15 is 0 Å². The molecule has 0 saturated heterocycles. The molecule has 6 nitrogen and oxygen atoms in total. The zero-order valence-electron chi connectivity index (χ0n) is 9.26. The van der Waals surface area contributed by atoms with Gasteiger partial charge in [0.05, 0.1) is 12.5 Å². The number of carbonyl (C=O) groups excluding carboxylic acids is 2. The SMILES string of the molecule is CC(CCCOC(=O)C(C)O[C]=O)C(=O)O. The van der Waals surface area contributed by atoms with Crippen LogP contribution in [0.4, 0.5) is 0 Å². The smallest absolute Gasteiger partial charge is 0.418 e. The normalized spacial score (nSPS) is 13.6. The summed E-state index contributed by atoms with van der Waals surface area (Å²) in [6.07, 6.45) is -0.0941. The molecular weight excluding hydrogens is 216 g/mol. The van der Waals surface area contributed by atoms with E-state index in [1.165, 1.54) is 6.92 Å². The standard InChI is InChI=1S/C10H15O6/c1-7(9(12)13)4-3-5-15-10(14)8(2)16-6-11/h7-8H,3-5H2,1-2H3,(H,12,13). The Morgan fingerprint density at radius 3 is 2.50 bits per heavy atom. The Morgan fingerprint density at radius 2 is 2.00 bits per heavy atom. The number of carboxylic acid groups (broad SMARTS) is 1. The molecule has 0 aromatic heterocycles. The van der Waals surface area contributed by atoms with Crippen molar-refractivity contribution < 1.29 is 29.0 Å². The Hall–Kier alpha value is -1.59. The van der Waals surface area contributed by atoms with Crippen molar-refractivity contribution >= 4 is 18.4 Å². The molecular formula is C10H15O6. The quantitative estimate of drug-likeness (QED) is 0.483. The molecule has 0 aromatic rings. The van der Waals surface area contributed by atoms with Crippen molar-refractivity contribution in [1.29, 1.82) is 0 Å². The predicted octanol–water partition coefficient (Wildman–Crippen LogP) is 0.503. The van der Waals surface area contributed by atoms with Crippen molar-refractivity contribution in [2.75, 3.05) is 6.61 Å². The maximum absolute atomic E-state index is 11.1. The molecule has 0 aliphatic carbocycles. The van der Waals surface area contributed by atoms with Gasteiger partial charge in [-0.15, -0.1) is 0 Å². The lowest BCUT2D eigenvalue weighted by molar-refractivity contribution is -0.151. The molecule has 91 valence electrons. The van der Waals surface area contributed by atoms with Gasteiger partial charge >= 0.3 is 18.4 Å². The number of rotatable bonds is 8. The third-order valence-electron chi connectivity index (χ3n) is 2.00. The first-order valence-electron chi connectivity index (χ1n) is 4.91. The van der Waals surface area contributed by atoms with Crippen molar-refractivity contribution in [3.8, 4) is 0 Å². The van der Waals surface area contributed by atoms with Gasteiger partial charge in [-0.3, -0.25) is 4.79 Å². The zero-order valence-corrected chi connectivity index (χ0v) is 9.26. The van der Waals surface area contributed by atoms with Crippen LogP contribution in [-0.4, -0.2) is 36.2 Å². The summed E-state index contributed by atoms with van der Waals surface area (Å²) >= 11 is 0. The van der Waals surface area contributed by atoms with Gasteiger partial charge < -0.3 is 14.6 Å². The van der Waals surface area contributed by atoms with Crippen molar-refractivity contribution in [3.63, 3.8) is 0 Å². The van der Waals surface area contributed by atoms with E-state index in [2.05, 4.69) is 4.74 Å². The number of hydrogen-bond acceptors (Lipinski definition) is 5. The van der Waals surface area contributed by atoms with Crippen molar-refractivity contribution in [3.05, 3.63) is 0 Å². The Labute approximate surface area is 93.5 Å². The van der Waals surface area contributed by atoms with Crippen LogP contribution in [0.1, 0.15) is 26.7 Å². The van der Waals surface area contributed by atoms with Gasteiger partial charge in [0, 0.05) is 0 Å². The first kappa shape index (κ1) is 14.4. The molecule has 6 heteroatoms. The number of hydrogen-bond donors (Lipinski definition) is 1. The molecule has 16 heavy (non-hydrogen) atoms. The van der Waals surface area contributed by atoms with E-state index in [4.69, 9.17) is 9.84 Å². The van der Waals surface area contributed by atoms with Crippen LogP contribution in [0.3, 0.4) is 0 Å². The Bertz CT molecular complexity index is 250. The molecule has 0 rings (SSSR count). The molecule has 1 N–H and O–H groups in total. The summed E-state index contributed by atoms with van der Waals surface area (Å²) in [5.74, 6) is -2.00. The fraction of sp³-hybridized carbons (Fsp3) is 0.700. The summed E-state index contributed by atoms with van der Waals surface area (Å²) in [6, 6.07) is 0. The molecule has 0 bridgehead atoms. The second-order valence-corrected chi connectivity index (χ2v) is 3.39. The molecule has 2 atom stereocenters. The molecule has 0 aliphatic rings. The first-order chi connectivity index (χ1) is 7.49. The minimum absolute atomic E-state index is 0.114. The Kier molecular flexibility index (Phi) is 6.91. The summed E-state index contributed by atoms with van der Waals surface area (Å²) in [5, 5.41) is 8.58. The molecule has 0 amide bonds. The Balaban J connectivity index is 3.62. The van der Waals surface area contributed by atoms with E-state index in [1.54, 1.807) is 6.92 Å². The minimum atomic E-state index is -0.977. The van der Waals surface area contributed by atoms with E-state index in [0.29, 0.717) is 12.8 Å². The maximum Gasteiger partial charge on any atom is 0.418 e. The fourth-order valence-corrected chi connectivity index (χ4v) is 0.923. The first-order valence-corrected chi connectivity index (χ1v) is 4.91. The summed E-state index contributed by atoms with van der Waals surface area (Å²) in [7, 11) is 0. The highest BCUT2D eigenvalue weighted by molar-refractivity contribution is 5.75. The number of carboxylic acids is 1. The third-order valence-corrected chi connectivity index (χ3v) is 2.00. The van der Waals surface area contributed by atoms with E-state index in [0.717, 1.165) is 6.47 Å². The topological polar surface area (TPSA) is 89.9 Å². The van der Waals surface area contributed by atoms with E-state index in [1.807, 2.05) is 0 Å². The van der Waals surface area contributed by atoms with Crippen LogP contribution in [-0.2, 0) is 23.9 Å². The van der Waals surface area contributed by atoms with Gasteiger partial charge in [-0.25, -0.2) is 9.59 Å². The van der Waals surface area contributed by atoms with Crippen LogP contribution in [0.5, 0.6) is 0 Å². The predicted molar refractivity (Wildman–Crippen MR) is 53.2 cm³/mol. The number of ether oxygens (including phenoxy) is 2. The van der Waals surface area contributed by atoms with E-state index in [9.17, 15) is 14.4 Å². The van der Waals surface area contributed by atoms with Gasteiger partial charge in [0.1, 0.15) is 0 Å². The highest BCUT2D eigenvalue weighted by Gasteiger charge is 2.16. The van der Waals surface area contributed by atoms with Crippen LogP contribution in [0, 0.1) is 5.92 Å². The highest BCUT2D eigenvalue weighted by atomic mass is 16.6.